The molecule has 8 rings (SSSR count). The Kier molecular flexibility index (Phi) is 8.50. The Morgan fingerprint density at radius 1 is 0.673 bits per heavy atom. The SMILES string of the molecule is O=C1[C@H]2[C@H](CC=C3[C@H]2C[C@H]2C(=O)N(c4cccc(Cl)c4)C(=O)[C@@]2(c2ccccc2)[C@H]3c2cc(Cl)ccc2O)C(=O)N1c1cc(C(F)(F)F)cc(C(F)(F)F)c1. The molecule has 0 aromatic heterocycles. The van der Waals surface area contributed by atoms with Crippen LogP contribution >= 0.6 is 23.2 Å². The topological polar surface area (TPSA) is 95.0 Å². The molecule has 2 aliphatic carbocycles. The molecule has 1 saturated carbocycles. The van der Waals surface area contributed by atoms with Crippen molar-refractivity contribution in [2.75, 3.05) is 9.80 Å². The molecule has 4 aromatic carbocycles. The Labute approximate surface area is 318 Å². The molecular weight excluding hydrogens is 773 g/mol. The minimum absolute atomic E-state index is 0.0953. The van der Waals surface area contributed by atoms with E-state index >= 15 is 4.79 Å². The monoisotopic (exact) mass is 798 g/mol. The van der Waals surface area contributed by atoms with Gasteiger partial charge in [0.15, 0.2) is 0 Å². The van der Waals surface area contributed by atoms with Gasteiger partial charge in [0, 0.05) is 21.5 Å². The van der Waals surface area contributed by atoms with Gasteiger partial charge in [-0.3, -0.25) is 19.2 Å². The van der Waals surface area contributed by atoms with E-state index in [1.54, 1.807) is 48.5 Å². The van der Waals surface area contributed by atoms with Crippen LogP contribution in [0.15, 0.2) is 103 Å². The average molecular weight is 800 g/mol. The number of hydrogen-bond acceptors (Lipinski definition) is 5. The molecule has 2 saturated heterocycles. The zero-order valence-electron chi connectivity index (χ0n) is 28.0. The minimum Gasteiger partial charge on any atom is -0.508 e. The third-order valence-corrected chi connectivity index (χ3v) is 11.8. The zero-order chi connectivity index (χ0) is 39.4. The number of anilines is 2. The molecule has 0 radical (unpaired) electrons. The van der Waals surface area contributed by atoms with E-state index < -0.39 is 87.8 Å². The summed E-state index contributed by atoms with van der Waals surface area (Å²) < 4.78 is 83.3. The summed E-state index contributed by atoms with van der Waals surface area (Å²) in [7, 11) is 0. The smallest absolute Gasteiger partial charge is 0.416 e. The van der Waals surface area contributed by atoms with Crippen molar-refractivity contribution in [2.24, 2.45) is 23.7 Å². The molecule has 15 heteroatoms. The summed E-state index contributed by atoms with van der Waals surface area (Å²) in [6.45, 7) is 0. The second-order valence-corrected chi connectivity index (χ2v) is 14.9. The number of carbonyl (C=O) groups excluding carboxylic acids is 4. The number of allylic oxidation sites excluding steroid dienone is 2. The van der Waals surface area contributed by atoms with E-state index in [4.69, 9.17) is 23.2 Å². The van der Waals surface area contributed by atoms with E-state index in [9.17, 15) is 45.8 Å². The Bertz CT molecular complexity index is 2320. The molecule has 4 aliphatic rings. The van der Waals surface area contributed by atoms with E-state index in [0.717, 1.165) is 4.90 Å². The number of phenols is 1. The van der Waals surface area contributed by atoms with Crippen LogP contribution in [0.5, 0.6) is 5.75 Å². The Morgan fingerprint density at radius 2 is 1.33 bits per heavy atom. The van der Waals surface area contributed by atoms with Crippen LogP contribution in [0, 0.1) is 23.7 Å². The summed E-state index contributed by atoms with van der Waals surface area (Å²) in [6.07, 6.45) is -9.27. The highest BCUT2D eigenvalue weighted by Gasteiger charge is 2.70. The molecule has 2 aliphatic heterocycles. The second kappa shape index (κ2) is 12.7. The third kappa shape index (κ3) is 5.56. The van der Waals surface area contributed by atoms with Crippen molar-refractivity contribution in [1.29, 1.82) is 0 Å². The van der Waals surface area contributed by atoms with Crippen molar-refractivity contribution in [2.45, 2.75) is 36.5 Å². The molecule has 0 bridgehead atoms. The van der Waals surface area contributed by atoms with Gasteiger partial charge in [0.05, 0.1) is 45.7 Å². The lowest BCUT2D eigenvalue weighted by Crippen LogP contribution is -2.53. The van der Waals surface area contributed by atoms with E-state index in [1.165, 1.54) is 30.3 Å². The largest absolute Gasteiger partial charge is 0.508 e. The highest BCUT2D eigenvalue weighted by molar-refractivity contribution is 6.32. The van der Waals surface area contributed by atoms with Gasteiger partial charge in [-0.05, 0) is 78.9 Å². The Hall–Kier alpha value is -5.14. The molecule has 55 heavy (non-hydrogen) atoms. The van der Waals surface area contributed by atoms with Crippen molar-refractivity contribution in [3.63, 3.8) is 0 Å². The van der Waals surface area contributed by atoms with Crippen molar-refractivity contribution < 1.29 is 50.6 Å². The number of carbonyl (C=O) groups is 4. The average Bonchev–Trinajstić information content (AvgIpc) is 3.52. The van der Waals surface area contributed by atoms with Crippen molar-refractivity contribution in [3.05, 3.63) is 135 Å². The third-order valence-electron chi connectivity index (χ3n) is 11.3. The summed E-state index contributed by atoms with van der Waals surface area (Å²) in [5, 5.41) is 11.8. The fourth-order valence-electron chi connectivity index (χ4n) is 9.17. The minimum atomic E-state index is -5.25. The van der Waals surface area contributed by atoms with Crippen LogP contribution in [0.3, 0.4) is 0 Å². The predicted octanol–water partition coefficient (Wildman–Crippen LogP) is 9.10. The van der Waals surface area contributed by atoms with Gasteiger partial charge in [-0.25, -0.2) is 9.80 Å². The number of rotatable bonds is 4. The maximum atomic E-state index is 15.3. The normalized spacial score (nSPS) is 26.5. The summed E-state index contributed by atoms with van der Waals surface area (Å²) in [6, 6.07) is 19.2. The molecule has 282 valence electrons. The van der Waals surface area contributed by atoms with E-state index in [1.807, 2.05) is 0 Å². The van der Waals surface area contributed by atoms with Crippen molar-refractivity contribution >= 4 is 58.2 Å². The number of hydrogen-bond donors (Lipinski definition) is 1. The Balaban J connectivity index is 1.33. The molecule has 0 spiro atoms. The molecular formula is C40H26Cl2F6N2O5. The number of halogens is 8. The van der Waals surface area contributed by atoms with Crippen molar-refractivity contribution in [1.82, 2.24) is 0 Å². The lowest BCUT2D eigenvalue weighted by atomic mass is 9.49. The summed E-state index contributed by atoms with van der Waals surface area (Å²) in [4.78, 5) is 59.9. The standard InChI is InChI=1S/C40H26Cl2F6N2O5/c41-22-7-4-8-24(16-22)50-35(53)30-18-28-26(33(29-17-23(42)9-12-31(29)51)38(30,37(50)55)19-5-2-1-3-6-19)10-11-27-32(28)36(54)49(34(27)52)25-14-20(39(43,44)45)13-21(15-25)40(46,47)48/h1-10,12-17,27-28,30,32-33,51H,11,18H2/t27-,28+,30-,32-,33+,38+/m0/s1. The fraction of sp³-hybridized carbons (Fsp3) is 0.250. The molecule has 0 unspecified atom stereocenters. The first-order chi connectivity index (χ1) is 25.9. The number of nitrogens with zero attached hydrogens (tertiary/aromatic N) is 2. The summed E-state index contributed by atoms with van der Waals surface area (Å²) in [5.41, 5.74) is -5.01. The first kappa shape index (κ1) is 36.8. The van der Waals surface area contributed by atoms with Crippen LogP contribution in [0.4, 0.5) is 37.7 Å². The number of phenolic OH excluding ortho intramolecular Hbond substituents is 1. The molecule has 6 atom stereocenters. The van der Waals surface area contributed by atoms with Crippen LogP contribution < -0.4 is 9.80 Å². The zero-order valence-corrected chi connectivity index (χ0v) is 29.5. The molecule has 4 amide bonds. The molecule has 7 nitrogen and oxygen atoms in total. The molecule has 4 aromatic rings. The van der Waals surface area contributed by atoms with Gasteiger partial charge in [-0.15, -0.1) is 0 Å². The van der Waals surface area contributed by atoms with Crippen LogP contribution in [0.2, 0.25) is 10.0 Å². The number of amides is 4. The highest BCUT2D eigenvalue weighted by Crippen LogP contribution is 2.65. The van der Waals surface area contributed by atoms with Gasteiger partial charge in [-0.1, -0.05) is 71.2 Å². The lowest BCUT2D eigenvalue weighted by Gasteiger charge is -2.50. The molecule has 1 N–H and O–H groups in total. The number of alkyl halides is 6. The maximum absolute atomic E-state index is 15.3. The van der Waals surface area contributed by atoms with Gasteiger partial charge >= 0.3 is 12.4 Å². The van der Waals surface area contributed by atoms with E-state index in [2.05, 4.69) is 0 Å². The first-order valence-corrected chi connectivity index (χ1v) is 17.7. The van der Waals surface area contributed by atoms with Crippen molar-refractivity contribution in [3.8, 4) is 5.75 Å². The molecule has 2 heterocycles. The van der Waals surface area contributed by atoms with Crippen LogP contribution in [-0.4, -0.2) is 28.7 Å². The van der Waals surface area contributed by atoms with E-state index in [0.29, 0.717) is 28.2 Å². The Morgan fingerprint density at radius 3 is 1.96 bits per heavy atom. The summed E-state index contributed by atoms with van der Waals surface area (Å²) >= 11 is 12.8. The second-order valence-electron chi connectivity index (χ2n) is 14.1. The van der Waals surface area contributed by atoms with Gasteiger partial charge < -0.3 is 5.11 Å². The van der Waals surface area contributed by atoms with Crippen LogP contribution in [0.25, 0.3) is 0 Å². The number of aromatic hydroxyl groups is 1. The van der Waals surface area contributed by atoms with Gasteiger partial charge in [0.25, 0.3) is 0 Å². The number of benzene rings is 4. The van der Waals surface area contributed by atoms with Gasteiger partial charge in [0.2, 0.25) is 23.6 Å². The summed E-state index contributed by atoms with van der Waals surface area (Å²) in [5.74, 6) is -9.75. The lowest BCUT2D eigenvalue weighted by molar-refractivity contribution is -0.143. The van der Waals surface area contributed by atoms with Gasteiger partial charge in [-0.2, -0.15) is 26.3 Å². The molecule has 3 fully saturated rings. The maximum Gasteiger partial charge on any atom is 0.416 e. The van der Waals surface area contributed by atoms with Crippen LogP contribution in [-0.2, 0) is 36.9 Å². The number of imide groups is 2. The number of fused-ring (bicyclic) bond motifs is 4. The quantitative estimate of drug-likeness (QED) is 0.126. The van der Waals surface area contributed by atoms with E-state index in [-0.39, 0.29) is 46.0 Å². The fourth-order valence-corrected chi connectivity index (χ4v) is 9.53. The van der Waals surface area contributed by atoms with Crippen LogP contribution in [0.1, 0.15) is 41.0 Å². The first-order valence-electron chi connectivity index (χ1n) is 17.0. The van der Waals surface area contributed by atoms with Gasteiger partial charge in [0.1, 0.15) is 5.75 Å². The predicted molar refractivity (Wildman–Crippen MR) is 188 cm³/mol. The highest BCUT2D eigenvalue weighted by atomic mass is 35.5.